The molecule has 4 aromatic carbocycles. The summed E-state index contributed by atoms with van der Waals surface area (Å²) in [5.74, 6) is -3.63. The summed E-state index contributed by atoms with van der Waals surface area (Å²) >= 11 is 1.09. The first-order chi connectivity index (χ1) is 26.1. The van der Waals surface area contributed by atoms with Gasteiger partial charge in [0.1, 0.15) is 5.75 Å². The van der Waals surface area contributed by atoms with Gasteiger partial charge in [0, 0.05) is 28.6 Å². The summed E-state index contributed by atoms with van der Waals surface area (Å²) in [5.41, 5.74) is -0.693. The molecule has 0 atom stereocenters. The molecule has 0 radical (unpaired) electrons. The molecule has 0 saturated carbocycles. The highest BCUT2D eigenvalue weighted by molar-refractivity contribution is 7.99. The number of unbranched alkanes of at least 4 members (excludes halogenated alkanes) is 15. The van der Waals surface area contributed by atoms with E-state index in [1.807, 2.05) is 0 Å². The fraction of sp³-hybridized carbons (Fsp3) is 0.419. The Kier molecular flexibility index (Phi) is 16.8. The Morgan fingerprint density at radius 1 is 0.648 bits per heavy atom. The number of amides is 1. The summed E-state index contributed by atoms with van der Waals surface area (Å²) in [7, 11) is 0. The van der Waals surface area contributed by atoms with Gasteiger partial charge in [-0.05, 0) is 42.1 Å². The normalized spacial score (nSPS) is 11.1. The summed E-state index contributed by atoms with van der Waals surface area (Å²) in [6.07, 6.45) is 18.8. The second-order valence-electron chi connectivity index (χ2n) is 13.8. The number of anilines is 1. The topological polar surface area (TPSA) is 158 Å². The van der Waals surface area contributed by atoms with Crippen LogP contribution in [0.1, 0.15) is 141 Å². The number of para-hydroxylation sites is 1. The average Bonchev–Trinajstić information content (AvgIpc) is 3.17. The maximum absolute atomic E-state index is 14.5. The largest absolute Gasteiger partial charge is 0.506 e. The molecule has 0 saturated heterocycles. The average molecular weight is 757 g/mol. The van der Waals surface area contributed by atoms with Crippen molar-refractivity contribution in [3.05, 3.63) is 99.6 Å². The molecule has 3 N–H and O–H groups in total. The van der Waals surface area contributed by atoms with Crippen molar-refractivity contribution in [1.29, 1.82) is 0 Å². The third kappa shape index (κ3) is 12.1. The highest BCUT2D eigenvalue weighted by Crippen LogP contribution is 2.42. The number of phenols is 1. The number of aromatic hydroxyl groups is 1. The van der Waals surface area contributed by atoms with Gasteiger partial charge < -0.3 is 20.2 Å². The second kappa shape index (κ2) is 21.7. The molecule has 11 heteroatoms. The van der Waals surface area contributed by atoms with Crippen LogP contribution < -0.4 is 4.90 Å². The fourth-order valence-electron chi connectivity index (χ4n) is 6.71. The number of fused-ring (bicyclic) bond motifs is 1. The van der Waals surface area contributed by atoms with Gasteiger partial charge in [-0.1, -0.05) is 151 Å². The van der Waals surface area contributed by atoms with E-state index in [1.54, 1.807) is 42.5 Å². The predicted molar refractivity (Wildman–Crippen MR) is 214 cm³/mol. The highest BCUT2D eigenvalue weighted by Gasteiger charge is 2.26. The zero-order chi connectivity index (χ0) is 38.9. The lowest BCUT2D eigenvalue weighted by atomic mass is 10.0. The molecule has 4 rings (SSSR count). The Bertz CT molecular complexity index is 1860. The van der Waals surface area contributed by atoms with E-state index in [0.29, 0.717) is 27.0 Å². The number of carboxylic acid groups (broad SMARTS) is 2. The minimum Gasteiger partial charge on any atom is -0.506 e. The molecule has 0 aliphatic rings. The molecule has 54 heavy (non-hydrogen) atoms. The minimum atomic E-state index is -1.34. The van der Waals surface area contributed by atoms with E-state index in [1.165, 1.54) is 99.8 Å². The van der Waals surface area contributed by atoms with Gasteiger partial charge in [-0.2, -0.15) is 0 Å². The van der Waals surface area contributed by atoms with E-state index < -0.39 is 22.8 Å². The number of rotatable bonds is 24. The van der Waals surface area contributed by atoms with Gasteiger partial charge >= 0.3 is 11.9 Å². The maximum atomic E-state index is 14.5. The molecule has 0 unspecified atom stereocenters. The Morgan fingerprint density at radius 3 is 1.65 bits per heavy atom. The van der Waals surface area contributed by atoms with Crippen molar-refractivity contribution >= 4 is 51.8 Å². The monoisotopic (exact) mass is 756 g/mol. The quantitative estimate of drug-likeness (QED) is 0.0359. The molecule has 0 fully saturated rings. The van der Waals surface area contributed by atoms with E-state index in [4.69, 9.17) is 0 Å². The third-order valence-corrected chi connectivity index (χ3v) is 10.8. The van der Waals surface area contributed by atoms with Crippen LogP contribution in [0, 0.1) is 10.1 Å². The summed E-state index contributed by atoms with van der Waals surface area (Å²) in [5, 5.41) is 43.8. The van der Waals surface area contributed by atoms with Gasteiger partial charge in [-0.15, -0.1) is 0 Å². The molecule has 0 aliphatic heterocycles. The number of hydrogen-bond acceptors (Lipinski definition) is 7. The molecule has 0 bridgehead atoms. The lowest BCUT2D eigenvalue weighted by Gasteiger charge is -2.25. The Hall–Kier alpha value is -4.90. The van der Waals surface area contributed by atoms with Crippen LogP contribution in [0.15, 0.2) is 82.6 Å². The minimum absolute atomic E-state index is 0.0821. The number of carbonyl (C=O) groups excluding carboxylic acids is 1. The van der Waals surface area contributed by atoms with Gasteiger partial charge in [0.05, 0.1) is 26.5 Å². The molecule has 0 spiro atoms. The standard InChI is InChI=1S/C43H52N2O8S/c1-2-3-4-5-6-7-8-9-10-11-12-13-14-15-16-21-26-44(33-28-31(42(48)49)27-32(29-33)43(50)51)41(47)36-30-39(34-22-17-18-23-35(34)40(36)46)54-38-25-20-19-24-37(38)45(52)53/h17-20,22-25,27-30,46H,2-16,21,26H2,1H3,(H,48,49)(H,50,51). The first-order valence-corrected chi connectivity index (χ1v) is 20.0. The van der Waals surface area contributed by atoms with Crippen LogP contribution in [0.3, 0.4) is 0 Å². The lowest BCUT2D eigenvalue weighted by molar-refractivity contribution is -0.387. The fourth-order valence-corrected chi connectivity index (χ4v) is 7.81. The third-order valence-electron chi connectivity index (χ3n) is 9.69. The zero-order valence-corrected chi connectivity index (χ0v) is 32.0. The van der Waals surface area contributed by atoms with E-state index in [0.717, 1.165) is 43.5 Å². The number of carboxylic acids is 2. The SMILES string of the molecule is CCCCCCCCCCCCCCCCCCN(C(=O)c1cc(Sc2ccccc2[N+](=O)[O-])c2ccccc2c1O)c1cc(C(=O)O)cc(C(=O)O)c1. The van der Waals surface area contributed by atoms with Crippen molar-refractivity contribution < 1.29 is 34.6 Å². The van der Waals surface area contributed by atoms with Crippen LogP contribution in [-0.2, 0) is 0 Å². The molecule has 0 aromatic heterocycles. The first-order valence-electron chi connectivity index (χ1n) is 19.2. The number of nitro groups is 1. The van der Waals surface area contributed by atoms with E-state index in [9.17, 15) is 39.8 Å². The Labute approximate surface area is 321 Å². The number of hydrogen-bond donors (Lipinski definition) is 3. The van der Waals surface area contributed by atoms with Gasteiger partial charge in [0.2, 0.25) is 0 Å². The van der Waals surface area contributed by atoms with Crippen molar-refractivity contribution in [3.8, 4) is 5.75 Å². The predicted octanol–water partition coefficient (Wildman–Crippen LogP) is 11.9. The molecule has 10 nitrogen and oxygen atoms in total. The van der Waals surface area contributed by atoms with Crippen LogP contribution in [0.4, 0.5) is 11.4 Å². The first kappa shape index (κ1) is 41.9. The molecule has 0 heterocycles. The smallest absolute Gasteiger partial charge is 0.335 e. The van der Waals surface area contributed by atoms with Gasteiger partial charge in [-0.3, -0.25) is 14.9 Å². The molecule has 288 valence electrons. The number of aromatic carboxylic acids is 2. The van der Waals surface area contributed by atoms with Gasteiger partial charge in [-0.25, -0.2) is 9.59 Å². The highest BCUT2D eigenvalue weighted by atomic mass is 32.2. The Morgan fingerprint density at radius 2 is 1.13 bits per heavy atom. The van der Waals surface area contributed by atoms with Crippen molar-refractivity contribution in [2.45, 2.75) is 119 Å². The van der Waals surface area contributed by atoms with Crippen LogP contribution in [0.25, 0.3) is 10.8 Å². The second-order valence-corrected chi connectivity index (χ2v) is 14.9. The molecular weight excluding hydrogens is 705 g/mol. The lowest BCUT2D eigenvalue weighted by Crippen LogP contribution is -2.32. The van der Waals surface area contributed by atoms with Crippen molar-refractivity contribution in [3.63, 3.8) is 0 Å². The van der Waals surface area contributed by atoms with Crippen LogP contribution in [-0.4, -0.2) is 44.6 Å². The number of phenolic OH excluding ortho intramolecular Hbond substituents is 1. The number of nitro benzene ring substituents is 1. The van der Waals surface area contributed by atoms with Crippen molar-refractivity contribution in [2.75, 3.05) is 11.4 Å². The van der Waals surface area contributed by atoms with E-state index in [2.05, 4.69) is 6.92 Å². The van der Waals surface area contributed by atoms with Crippen LogP contribution in [0.5, 0.6) is 5.75 Å². The summed E-state index contributed by atoms with van der Waals surface area (Å²) in [6.45, 7) is 2.39. The van der Waals surface area contributed by atoms with Crippen molar-refractivity contribution in [1.82, 2.24) is 0 Å². The number of benzene rings is 4. The summed E-state index contributed by atoms with van der Waals surface area (Å²) < 4.78 is 0. The van der Waals surface area contributed by atoms with Gasteiger partial charge in [0.25, 0.3) is 11.6 Å². The van der Waals surface area contributed by atoms with Crippen LogP contribution >= 0.6 is 11.8 Å². The molecule has 1 amide bonds. The van der Waals surface area contributed by atoms with Crippen molar-refractivity contribution in [2.24, 2.45) is 0 Å². The molecule has 4 aromatic rings. The van der Waals surface area contributed by atoms with E-state index in [-0.39, 0.29) is 40.4 Å². The maximum Gasteiger partial charge on any atom is 0.335 e. The Balaban J connectivity index is 1.49. The van der Waals surface area contributed by atoms with Crippen LogP contribution in [0.2, 0.25) is 0 Å². The number of carbonyl (C=O) groups is 3. The van der Waals surface area contributed by atoms with Gasteiger partial charge in [0.15, 0.2) is 0 Å². The molecular formula is C43H52N2O8S. The summed E-state index contributed by atoms with van der Waals surface area (Å²) in [6, 6.07) is 18.2. The number of nitrogens with zero attached hydrogens (tertiary/aromatic N) is 2. The molecule has 0 aliphatic carbocycles. The zero-order valence-electron chi connectivity index (χ0n) is 31.1. The van der Waals surface area contributed by atoms with E-state index >= 15 is 0 Å². The summed E-state index contributed by atoms with van der Waals surface area (Å²) in [4.78, 5) is 52.0.